The molecule has 2 heterocycles. The van der Waals surface area contributed by atoms with Crippen molar-refractivity contribution in [2.24, 2.45) is 0 Å². The lowest BCUT2D eigenvalue weighted by molar-refractivity contribution is 0.412. The maximum atomic E-state index is 6.19. The molecule has 0 amide bonds. The molecule has 0 saturated carbocycles. The van der Waals surface area contributed by atoms with Crippen molar-refractivity contribution in [2.75, 3.05) is 11.9 Å². The molecule has 0 aliphatic carbocycles. The van der Waals surface area contributed by atoms with E-state index >= 15 is 0 Å². The van der Waals surface area contributed by atoms with Crippen LogP contribution in [0.5, 0.6) is 0 Å². The minimum Gasteiger partial charge on any atom is -0.341 e. The number of hydrogen-bond acceptors (Lipinski definition) is 2. The Kier molecular flexibility index (Phi) is 4.69. The Morgan fingerprint density at radius 3 is 2.90 bits per heavy atom. The van der Waals surface area contributed by atoms with E-state index in [1.807, 2.05) is 6.07 Å². The van der Waals surface area contributed by atoms with Gasteiger partial charge in [0.1, 0.15) is 0 Å². The second-order valence-electron chi connectivity index (χ2n) is 4.92. The second kappa shape index (κ2) is 6.53. The van der Waals surface area contributed by atoms with Gasteiger partial charge in [-0.3, -0.25) is 0 Å². The maximum absolute atomic E-state index is 6.19. The predicted octanol–water partition coefficient (Wildman–Crippen LogP) is 5.59. The fraction of sp³-hybridized carbons (Fsp3) is 0.267. The van der Waals surface area contributed by atoms with Gasteiger partial charge in [-0.2, -0.15) is 0 Å². The van der Waals surface area contributed by atoms with Crippen LogP contribution in [0.1, 0.15) is 23.8 Å². The van der Waals surface area contributed by atoms with Gasteiger partial charge in [0.05, 0.1) is 16.8 Å². The molecule has 0 bridgehead atoms. The van der Waals surface area contributed by atoms with Crippen LogP contribution < -0.4 is 5.32 Å². The van der Waals surface area contributed by atoms with E-state index in [2.05, 4.69) is 27.7 Å². The average Bonchev–Trinajstić information content (AvgIpc) is 3.10. The Balaban J connectivity index is 1.75. The number of hydrogen-bond donors (Lipinski definition) is 1. The van der Waals surface area contributed by atoms with Gasteiger partial charge in [0, 0.05) is 16.4 Å². The topological polar surface area (TPSA) is 15.3 Å². The van der Waals surface area contributed by atoms with Gasteiger partial charge in [0.15, 0.2) is 5.11 Å². The average molecular weight is 357 g/mol. The Morgan fingerprint density at radius 1 is 1.33 bits per heavy atom. The highest BCUT2D eigenvalue weighted by molar-refractivity contribution is 7.80. The molecule has 1 atom stereocenters. The summed E-state index contributed by atoms with van der Waals surface area (Å²) in [5.41, 5.74) is 0.794. The molecule has 1 aromatic carbocycles. The molecule has 21 heavy (non-hydrogen) atoms. The van der Waals surface area contributed by atoms with E-state index in [0.717, 1.165) is 30.2 Å². The molecule has 6 heteroatoms. The number of nitrogens with zero attached hydrogens (tertiary/aromatic N) is 1. The van der Waals surface area contributed by atoms with Crippen molar-refractivity contribution in [3.63, 3.8) is 0 Å². The van der Waals surface area contributed by atoms with Gasteiger partial charge in [-0.15, -0.1) is 11.3 Å². The predicted molar refractivity (Wildman–Crippen MR) is 95.7 cm³/mol. The van der Waals surface area contributed by atoms with E-state index in [1.165, 1.54) is 4.88 Å². The van der Waals surface area contributed by atoms with E-state index in [4.69, 9.17) is 35.4 Å². The van der Waals surface area contributed by atoms with E-state index < -0.39 is 0 Å². The summed E-state index contributed by atoms with van der Waals surface area (Å²) in [5.74, 6) is 0. The lowest BCUT2D eigenvalue weighted by Gasteiger charge is -2.27. The molecule has 1 aliphatic rings. The fourth-order valence-electron chi connectivity index (χ4n) is 2.56. The smallest absolute Gasteiger partial charge is 0.174 e. The molecule has 1 fully saturated rings. The minimum atomic E-state index is 0.371. The van der Waals surface area contributed by atoms with Crippen LogP contribution in [0.15, 0.2) is 35.7 Å². The largest absolute Gasteiger partial charge is 0.341 e. The van der Waals surface area contributed by atoms with Crippen LogP contribution in [0.4, 0.5) is 5.69 Å². The van der Waals surface area contributed by atoms with Gasteiger partial charge >= 0.3 is 0 Å². The SMILES string of the molecule is S=C(Nc1ccc(Cl)cc1Cl)N1CCC[C@H]1c1cccs1. The van der Waals surface area contributed by atoms with Gasteiger partial charge in [0.2, 0.25) is 0 Å². The first-order valence-electron chi connectivity index (χ1n) is 6.71. The Bertz CT molecular complexity index is 643. The van der Waals surface area contributed by atoms with Crippen molar-refractivity contribution in [1.82, 2.24) is 4.90 Å². The summed E-state index contributed by atoms with van der Waals surface area (Å²) < 4.78 is 0. The normalized spacial score (nSPS) is 18.0. The molecule has 2 nitrogen and oxygen atoms in total. The van der Waals surface area contributed by atoms with Crippen molar-refractivity contribution in [1.29, 1.82) is 0 Å². The first-order chi connectivity index (χ1) is 10.1. The van der Waals surface area contributed by atoms with Crippen LogP contribution in [0.25, 0.3) is 0 Å². The van der Waals surface area contributed by atoms with Gasteiger partial charge in [-0.05, 0) is 54.7 Å². The third kappa shape index (κ3) is 3.34. The second-order valence-corrected chi connectivity index (χ2v) is 7.13. The zero-order valence-corrected chi connectivity index (χ0v) is 14.3. The van der Waals surface area contributed by atoms with Crippen LogP contribution in [0.2, 0.25) is 10.0 Å². The zero-order chi connectivity index (χ0) is 14.8. The molecule has 0 spiro atoms. The molecule has 1 aliphatic heterocycles. The number of thiophene rings is 1. The molecule has 0 radical (unpaired) electrons. The molecular weight excluding hydrogens is 343 g/mol. The van der Waals surface area contributed by atoms with Crippen LogP contribution in [0.3, 0.4) is 0 Å². The van der Waals surface area contributed by atoms with Gasteiger partial charge < -0.3 is 10.2 Å². The summed E-state index contributed by atoms with van der Waals surface area (Å²) in [6, 6.07) is 10.0. The number of anilines is 1. The van der Waals surface area contributed by atoms with Gasteiger partial charge in [0.25, 0.3) is 0 Å². The number of nitrogens with one attached hydrogen (secondary N) is 1. The molecule has 0 unspecified atom stereocenters. The lowest BCUT2D eigenvalue weighted by atomic mass is 10.2. The summed E-state index contributed by atoms with van der Waals surface area (Å²) in [6.45, 7) is 0.972. The lowest BCUT2D eigenvalue weighted by Crippen LogP contribution is -2.34. The van der Waals surface area contributed by atoms with Crippen LogP contribution in [-0.4, -0.2) is 16.6 Å². The third-order valence-electron chi connectivity index (χ3n) is 3.56. The van der Waals surface area contributed by atoms with Crippen molar-refractivity contribution in [2.45, 2.75) is 18.9 Å². The standard InChI is InChI=1S/C15H14Cl2N2S2/c16-10-5-6-12(11(17)9-10)18-15(20)19-7-1-3-13(19)14-4-2-8-21-14/h2,4-6,8-9,13H,1,3,7H2,(H,18,20)/t13-/m0/s1. The van der Waals surface area contributed by atoms with Crippen molar-refractivity contribution < 1.29 is 0 Å². The monoisotopic (exact) mass is 356 g/mol. The Hall–Kier alpha value is -0.810. The summed E-state index contributed by atoms with van der Waals surface area (Å²) >= 11 is 19.5. The number of likely N-dealkylation sites (tertiary alicyclic amines) is 1. The fourth-order valence-corrected chi connectivity index (χ4v) is 4.22. The highest BCUT2D eigenvalue weighted by Crippen LogP contribution is 2.35. The molecule has 1 N–H and O–H groups in total. The van der Waals surface area contributed by atoms with Crippen LogP contribution in [0, 0.1) is 0 Å². The number of benzene rings is 1. The summed E-state index contributed by atoms with van der Waals surface area (Å²) in [7, 11) is 0. The highest BCUT2D eigenvalue weighted by Gasteiger charge is 2.28. The summed E-state index contributed by atoms with van der Waals surface area (Å²) in [6.07, 6.45) is 2.29. The molecule has 1 aromatic heterocycles. The first-order valence-corrected chi connectivity index (χ1v) is 8.75. The van der Waals surface area contributed by atoms with Crippen molar-refractivity contribution in [3.8, 4) is 0 Å². The van der Waals surface area contributed by atoms with Crippen molar-refractivity contribution >= 4 is 57.6 Å². The molecule has 110 valence electrons. The summed E-state index contributed by atoms with van der Waals surface area (Å²) in [4.78, 5) is 3.60. The number of thiocarbonyl (C=S) groups is 1. The highest BCUT2D eigenvalue weighted by atomic mass is 35.5. The maximum Gasteiger partial charge on any atom is 0.174 e. The number of halogens is 2. The van der Waals surface area contributed by atoms with Crippen LogP contribution in [-0.2, 0) is 0 Å². The third-order valence-corrected chi connectivity index (χ3v) is 5.42. The van der Waals surface area contributed by atoms with E-state index in [1.54, 1.807) is 23.5 Å². The van der Waals surface area contributed by atoms with E-state index in [-0.39, 0.29) is 0 Å². The summed E-state index contributed by atoms with van der Waals surface area (Å²) in [5, 5.41) is 7.27. The van der Waals surface area contributed by atoms with Gasteiger partial charge in [-0.25, -0.2) is 0 Å². The molecule has 1 saturated heterocycles. The van der Waals surface area contributed by atoms with E-state index in [0.29, 0.717) is 16.1 Å². The van der Waals surface area contributed by atoms with Crippen LogP contribution >= 0.6 is 46.8 Å². The number of rotatable bonds is 2. The Labute approximate surface area is 143 Å². The Morgan fingerprint density at radius 2 is 2.19 bits per heavy atom. The zero-order valence-electron chi connectivity index (χ0n) is 11.2. The van der Waals surface area contributed by atoms with Gasteiger partial charge in [-0.1, -0.05) is 29.3 Å². The van der Waals surface area contributed by atoms with E-state index in [9.17, 15) is 0 Å². The minimum absolute atomic E-state index is 0.371. The first kappa shape index (κ1) is 15.1. The quantitative estimate of drug-likeness (QED) is 0.706. The molecule has 3 rings (SSSR count). The molecular formula is C15H14Cl2N2S2. The van der Waals surface area contributed by atoms with Crippen molar-refractivity contribution in [3.05, 3.63) is 50.6 Å². The molecule has 2 aromatic rings.